The van der Waals surface area contributed by atoms with Gasteiger partial charge in [0.1, 0.15) is 5.58 Å². The van der Waals surface area contributed by atoms with Crippen LogP contribution >= 0.6 is 11.6 Å². The molecule has 2 heterocycles. The number of likely N-dealkylation sites (tertiary alicyclic amines) is 1. The van der Waals surface area contributed by atoms with Crippen LogP contribution in [0.4, 0.5) is 13.2 Å². The average molecular weight is 690 g/mol. The van der Waals surface area contributed by atoms with Crippen molar-refractivity contribution in [3.8, 4) is 0 Å². The molecule has 2 N–H and O–H groups in total. The lowest BCUT2D eigenvalue weighted by Gasteiger charge is -2.47. The molecule has 0 radical (unpaired) electrons. The summed E-state index contributed by atoms with van der Waals surface area (Å²) >= 11 is 5.61. The van der Waals surface area contributed by atoms with Crippen molar-refractivity contribution in [1.82, 2.24) is 15.5 Å². The fraction of sp³-hybridized carbons (Fsp3) is 0.500. The van der Waals surface area contributed by atoms with Crippen LogP contribution in [0, 0.1) is 18.3 Å². The molecule has 48 heavy (non-hydrogen) atoms. The van der Waals surface area contributed by atoms with Crippen LogP contribution in [0.2, 0.25) is 5.02 Å². The summed E-state index contributed by atoms with van der Waals surface area (Å²) in [6.45, 7) is 8.33. The fourth-order valence-corrected chi connectivity index (χ4v) is 6.55. The molecule has 1 aliphatic heterocycles. The van der Waals surface area contributed by atoms with E-state index < -0.39 is 34.3 Å². The average Bonchev–Trinajstić information content (AvgIpc) is 3.04. The Kier molecular flexibility index (Phi) is 11.7. The van der Waals surface area contributed by atoms with E-state index in [1.807, 2.05) is 52.0 Å². The van der Waals surface area contributed by atoms with Gasteiger partial charge in [-0.05, 0) is 89.6 Å². The van der Waals surface area contributed by atoms with Gasteiger partial charge >= 0.3 is 6.18 Å². The van der Waals surface area contributed by atoms with Gasteiger partial charge in [-0.25, -0.2) is 0 Å². The number of nitrogens with one attached hydrogen (secondary N) is 2. The van der Waals surface area contributed by atoms with E-state index >= 15 is 0 Å². The number of hydrogen-bond donors (Lipinski definition) is 2. The highest BCUT2D eigenvalue weighted by molar-refractivity contribution is 6.30. The van der Waals surface area contributed by atoms with Gasteiger partial charge in [-0.2, -0.15) is 13.2 Å². The van der Waals surface area contributed by atoms with Crippen molar-refractivity contribution in [1.29, 1.82) is 0 Å². The van der Waals surface area contributed by atoms with E-state index in [-0.39, 0.29) is 40.8 Å². The van der Waals surface area contributed by atoms with Crippen molar-refractivity contribution in [3.63, 3.8) is 0 Å². The Labute approximate surface area is 283 Å². The first kappa shape index (κ1) is 37.0. The maximum atomic E-state index is 13.5. The number of piperidine rings is 1. The van der Waals surface area contributed by atoms with Crippen molar-refractivity contribution in [2.24, 2.45) is 11.3 Å². The predicted molar refractivity (Wildman–Crippen MR) is 179 cm³/mol. The molecule has 2 aromatic carbocycles. The molecule has 5 rings (SSSR count). The summed E-state index contributed by atoms with van der Waals surface area (Å²) in [6, 6.07) is 11.0. The van der Waals surface area contributed by atoms with Crippen LogP contribution in [0.3, 0.4) is 0 Å². The van der Waals surface area contributed by atoms with Crippen LogP contribution in [0.25, 0.3) is 11.0 Å². The van der Waals surface area contributed by atoms with E-state index in [1.54, 1.807) is 4.90 Å². The number of alkyl halides is 3. The molecule has 1 aromatic heterocycles. The summed E-state index contributed by atoms with van der Waals surface area (Å²) in [5.74, 6) is -1.26. The normalized spacial score (nSPS) is 16.9. The monoisotopic (exact) mass is 689 g/mol. The minimum atomic E-state index is -4.63. The zero-order valence-electron chi connectivity index (χ0n) is 27.8. The number of aryl methyl sites for hydroxylation is 1. The largest absolute Gasteiger partial charge is 0.451 e. The highest BCUT2D eigenvalue weighted by Gasteiger charge is 2.48. The van der Waals surface area contributed by atoms with Crippen LogP contribution in [0.5, 0.6) is 0 Å². The molecule has 2 aliphatic rings. The number of hydrogen-bond acceptors (Lipinski definition) is 5. The summed E-state index contributed by atoms with van der Waals surface area (Å²) in [6.07, 6.45) is 1.81. The number of halogens is 4. The van der Waals surface area contributed by atoms with Gasteiger partial charge in [-0.3, -0.25) is 19.2 Å². The summed E-state index contributed by atoms with van der Waals surface area (Å²) in [4.78, 5) is 53.1. The predicted octanol–water partition coefficient (Wildman–Crippen LogP) is 7.29. The van der Waals surface area contributed by atoms with E-state index in [0.29, 0.717) is 32.0 Å². The Morgan fingerprint density at radius 1 is 0.958 bits per heavy atom. The van der Waals surface area contributed by atoms with Gasteiger partial charge < -0.3 is 20.0 Å². The summed E-state index contributed by atoms with van der Waals surface area (Å²) < 4.78 is 44.3. The lowest BCUT2D eigenvalue weighted by molar-refractivity contribution is -0.145. The van der Waals surface area contributed by atoms with Crippen LogP contribution in [0.15, 0.2) is 57.7 Å². The molecule has 0 spiro atoms. The van der Waals surface area contributed by atoms with Crippen molar-refractivity contribution in [2.75, 3.05) is 19.6 Å². The Morgan fingerprint density at radius 3 is 2.15 bits per heavy atom. The Hall–Kier alpha value is -3.86. The zero-order valence-corrected chi connectivity index (χ0v) is 28.5. The van der Waals surface area contributed by atoms with Crippen molar-refractivity contribution < 1.29 is 32.0 Å². The second-order valence-electron chi connectivity index (χ2n) is 13.7. The van der Waals surface area contributed by atoms with E-state index in [1.165, 1.54) is 12.0 Å². The number of fused-ring (bicyclic) bond motifs is 1. The molecule has 8 nitrogen and oxygen atoms in total. The lowest BCUT2D eigenvalue weighted by Crippen LogP contribution is -2.57. The van der Waals surface area contributed by atoms with E-state index in [0.717, 1.165) is 48.9 Å². The molecule has 1 saturated carbocycles. The minimum Gasteiger partial charge on any atom is -0.451 e. The van der Waals surface area contributed by atoms with Crippen LogP contribution in [-0.4, -0.2) is 47.8 Å². The topological polar surface area (TPSA) is 109 Å². The second-order valence-corrected chi connectivity index (χ2v) is 14.2. The van der Waals surface area contributed by atoms with E-state index in [9.17, 15) is 32.3 Å². The lowest BCUT2D eigenvalue weighted by atomic mass is 9.63. The van der Waals surface area contributed by atoms with E-state index in [4.69, 9.17) is 16.0 Å². The maximum Gasteiger partial charge on any atom is 0.416 e. The van der Waals surface area contributed by atoms with Crippen molar-refractivity contribution >= 4 is 40.3 Å². The van der Waals surface area contributed by atoms with Crippen molar-refractivity contribution in [2.45, 2.75) is 84.4 Å². The quantitative estimate of drug-likeness (QED) is 0.293. The number of carbonyl (C=O) groups excluding carboxylic acids is 3. The molecule has 2 fully saturated rings. The first-order chi connectivity index (χ1) is 22.5. The van der Waals surface area contributed by atoms with Gasteiger partial charge in [-0.1, -0.05) is 48.6 Å². The fourth-order valence-electron chi connectivity index (χ4n) is 6.43. The molecule has 0 unspecified atom stereocenters. The number of carbonyl (C=O) groups is 3. The molecule has 1 saturated heterocycles. The molecule has 0 bridgehead atoms. The summed E-state index contributed by atoms with van der Waals surface area (Å²) in [5.41, 5.74) is -1.62. The minimum absolute atomic E-state index is 0.0426. The van der Waals surface area contributed by atoms with Crippen LogP contribution < -0.4 is 16.1 Å². The van der Waals surface area contributed by atoms with Gasteiger partial charge in [0.2, 0.25) is 11.8 Å². The molecule has 1 aliphatic carbocycles. The third-order valence-corrected chi connectivity index (χ3v) is 9.28. The Morgan fingerprint density at radius 2 is 1.58 bits per heavy atom. The standard InChI is InChI=1S/C29H36F3N3O5.C7H7Cl/c1-27(2,3)34-26(39)28(18-7-5-4-6-8-18)11-13-35(14-12-28)24(37)17-33-25(38)23-16-21(36)20-15-19(29(30,31)32)9-10-22(20)40-23;1-6-2-4-7(8)5-3-6/h9-10,15-16,18H,4-8,11-14,17H2,1-3H3,(H,33,38)(H,34,39);2-5H,1H3. The maximum absolute atomic E-state index is 13.5. The highest BCUT2D eigenvalue weighted by Crippen LogP contribution is 2.46. The second kappa shape index (κ2) is 15.1. The summed E-state index contributed by atoms with van der Waals surface area (Å²) in [7, 11) is 0. The molecule has 12 heteroatoms. The van der Waals surface area contributed by atoms with Gasteiger partial charge in [0.15, 0.2) is 11.2 Å². The van der Waals surface area contributed by atoms with E-state index in [2.05, 4.69) is 10.6 Å². The Bertz CT molecular complexity index is 1650. The van der Waals surface area contributed by atoms with Gasteiger partial charge in [0.25, 0.3) is 5.91 Å². The molecule has 3 amide bonds. The number of rotatable bonds is 5. The zero-order chi connectivity index (χ0) is 35.3. The Balaban J connectivity index is 0.000000569. The highest BCUT2D eigenvalue weighted by atomic mass is 35.5. The SMILES string of the molecule is CC(C)(C)NC(=O)C1(C2CCCCC2)CCN(C(=O)CNC(=O)c2cc(=O)c3cc(C(F)(F)F)ccc3o2)CC1.Cc1ccc(Cl)cc1. The van der Waals surface area contributed by atoms with Crippen molar-refractivity contribution in [3.05, 3.63) is 80.7 Å². The molecule has 3 aromatic rings. The molecular formula is C36H43ClF3N3O5. The summed E-state index contributed by atoms with van der Waals surface area (Å²) in [5, 5.41) is 6.11. The number of amides is 3. The number of benzene rings is 2. The molecule has 260 valence electrons. The molecule has 0 atom stereocenters. The number of nitrogens with zero attached hydrogens (tertiary/aromatic N) is 1. The first-order valence-electron chi connectivity index (χ1n) is 16.2. The third-order valence-electron chi connectivity index (χ3n) is 9.03. The van der Waals surface area contributed by atoms with Gasteiger partial charge in [0.05, 0.1) is 22.9 Å². The first-order valence-corrected chi connectivity index (χ1v) is 16.6. The molecular weight excluding hydrogens is 647 g/mol. The smallest absolute Gasteiger partial charge is 0.416 e. The van der Waals surface area contributed by atoms with Crippen LogP contribution in [-0.2, 0) is 15.8 Å². The van der Waals surface area contributed by atoms with Gasteiger partial charge in [-0.15, -0.1) is 0 Å². The third kappa shape index (κ3) is 9.39. The van der Waals surface area contributed by atoms with Gasteiger partial charge in [0, 0.05) is 29.7 Å². The van der Waals surface area contributed by atoms with Crippen LogP contribution in [0.1, 0.15) is 87.4 Å².